The summed E-state index contributed by atoms with van der Waals surface area (Å²) >= 11 is 6.85. The van der Waals surface area contributed by atoms with E-state index in [0.29, 0.717) is 16.0 Å². The van der Waals surface area contributed by atoms with Gasteiger partial charge < -0.3 is 5.11 Å². The Kier molecular flexibility index (Phi) is 7.21. The predicted molar refractivity (Wildman–Crippen MR) is 153 cm³/mol. The van der Waals surface area contributed by atoms with Crippen LogP contribution < -0.4 is 0 Å². The fourth-order valence-electron chi connectivity index (χ4n) is 3.72. The zero-order chi connectivity index (χ0) is 24.9. The molecule has 5 nitrogen and oxygen atoms in total. The molecule has 5 rings (SSSR count). The Balaban J connectivity index is 1.72. The zero-order valence-electron chi connectivity index (χ0n) is 19.0. The second-order valence-electron chi connectivity index (χ2n) is 7.89. The molecule has 4 aromatic carbocycles. The highest BCUT2D eigenvalue weighted by Gasteiger charge is 2.20. The summed E-state index contributed by atoms with van der Waals surface area (Å²) in [5, 5.41) is 15.3. The quantitative estimate of drug-likeness (QED) is 0.201. The standard InChI is InChI=1S/C29H20Br2N4O/c30-24-16-23(28(36)25(31)17-24)19-32-29-34-26(21-12-6-2-7-13-21)27(22-14-8-3-9-15-22)35(29)33-18-20-10-4-1-5-11-20/h1-19,36H. The molecule has 7 heteroatoms. The Hall–Kier alpha value is -3.81. The number of rotatable bonds is 6. The van der Waals surface area contributed by atoms with Crippen molar-refractivity contribution in [3.8, 4) is 28.3 Å². The van der Waals surface area contributed by atoms with Gasteiger partial charge in [-0.05, 0) is 33.6 Å². The Morgan fingerprint density at radius 1 is 0.750 bits per heavy atom. The van der Waals surface area contributed by atoms with Crippen molar-refractivity contribution in [3.63, 3.8) is 0 Å². The molecular weight excluding hydrogens is 580 g/mol. The van der Waals surface area contributed by atoms with E-state index in [2.05, 4.69) is 36.9 Å². The Morgan fingerprint density at radius 3 is 2.03 bits per heavy atom. The molecule has 0 aliphatic rings. The lowest BCUT2D eigenvalue weighted by atomic mass is 10.1. The lowest BCUT2D eigenvalue weighted by Crippen LogP contribution is -1.95. The third-order valence-electron chi connectivity index (χ3n) is 5.43. The Bertz CT molecular complexity index is 1550. The third-order valence-corrected chi connectivity index (χ3v) is 6.49. The molecule has 1 heterocycles. The molecule has 176 valence electrons. The summed E-state index contributed by atoms with van der Waals surface area (Å²) in [6, 6.07) is 33.4. The maximum absolute atomic E-state index is 10.5. The summed E-state index contributed by atoms with van der Waals surface area (Å²) in [6.07, 6.45) is 3.38. The fraction of sp³-hybridized carbons (Fsp3) is 0. The molecule has 0 saturated carbocycles. The predicted octanol–water partition coefficient (Wildman–Crippen LogP) is 8.08. The van der Waals surface area contributed by atoms with E-state index in [1.54, 1.807) is 29.2 Å². The smallest absolute Gasteiger partial charge is 0.251 e. The first-order valence-corrected chi connectivity index (χ1v) is 12.7. The molecule has 1 aromatic heterocycles. The normalized spacial score (nSPS) is 11.5. The van der Waals surface area contributed by atoms with Crippen molar-refractivity contribution in [1.29, 1.82) is 0 Å². The van der Waals surface area contributed by atoms with Gasteiger partial charge in [-0.25, -0.2) is 9.98 Å². The van der Waals surface area contributed by atoms with E-state index in [4.69, 9.17) is 10.1 Å². The highest BCUT2D eigenvalue weighted by Crippen LogP contribution is 2.36. The molecular formula is C29H20Br2N4O. The van der Waals surface area contributed by atoms with Gasteiger partial charge in [-0.2, -0.15) is 9.78 Å². The van der Waals surface area contributed by atoms with Crippen LogP contribution in [-0.4, -0.2) is 27.2 Å². The number of aromatic nitrogens is 2. The summed E-state index contributed by atoms with van der Waals surface area (Å²) in [6.45, 7) is 0. The number of hydrogen-bond acceptors (Lipinski definition) is 4. The van der Waals surface area contributed by atoms with Crippen LogP contribution in [0.3, 0.4) is 0 Å². The summed E-state index contributed by atoms with van der Waals surface area (Å²) in [5.41, 5.74) is 4.99. The van der Waals surface area contributed by atoms with E-state index in [-0.39, 0.29) is 5.75 Å². The molecule has 0 saturated heterocycles. The van der Waals surface area contributed by atoms with Crippen molar-refractivity contribution < 1.29 is 5.11 Å². The van der Waals surface area contributed by atoms with Crippen molar-refractivity contribution in [2.45, 2.75) is 0 Å². The van der Waals surface area contributed by atoms with Crippen molar-refractivity contribution in [2.24, 2.45) is 10.1 Å². The largest absolute Gasteiger partial charge is 0.506 e. The molecule has 0 atom stereocenters. The van der Waals surface area contributed by atoms with Crippen LogP contribution in [-0.2, 0) is 0 Å². The molecule has 0 radical (unpaired) electrons. The first kappa shape index (κ1) is 23.9. The van der Waals surface area contributed by atoms with Gasteiger partial charge in [0.25, 0.3) is 5.95 Å². The second-order valence-corrected chi connectivity index (χ2v) is 9.66. The number of benzene rings is 4. The number of aromatic hydroxyl groups is 1. The average Bonchev–Trinajstić information content (AvgIpc) is 3.28. The first-order chi connectivity index (χ1) is 17.6. The fourth-order valence-corrected chi connectivity index (χ4v) is 4.98. The van der Waals surface area contributed by atoms with Gasteiger partial charge in [0, 0.05) is 27.4 Å². The first-order valence-electron chi connectivity index (χ1n) is 11.2. The number of imidazole rings is 1. The molecule has 0 aliphatic heterocycles. The number of halogens is 2. The maximum atomic E-state index is 10.5. The number of nitrogens with zero attached hydrogens (tertiary/aromatic N) is 4. The van der Waals surface area contributed by atoms with Crippen LogP contribution in [0.15, 0.2) is 122 Å². The minimum atomic E-state index is 0.0967. The zero-order valence-corrected chi connectivity index (χ0v) is 22.1. The summed E-state index contributed by atoms with van der Waals surface area (Å²) in [7, 11) is 0. The highest BCUT2D eigenvalue weighted by molar-refractivity contribution is 9.11. The molecule has 1 N–H and O–H groups in total. The Morgan fingerprint density at radius 2 is 1.36 bits per heavy atom. The van der Waals surface area contributed by atoms with Crippen molar-refractivity contribution in [1.82, 2.24) is 9.66 Å². The molecule has 0 fully saturated rings. The van der Waals surface area contributed by atoms with E-state index in [1.807, 2.05) is 91.0 Å². The van der Waals surface area contributed by atoms with Gasteiger partial charge in [0.1, 0.15) is 17.1 Å². The van der Waals surface area contributed by atoms with Gasteiger partial charge in [-0.15, -0.1) is 0 Å². The van der Waals surface area contributed by atoms with Gasteiger partial charge >= 0.3 is 0 Å². The molecule has 0 bridgehead atoms. The van der Waals surface area contributed by atoms with Gasteiger partial charge in [-0.1, -0.05) is 107 Å². The SMILES string of the molecule is Oc1c(Br)cc(Br)cc1C=Nc1nc(-c2ccccc2)c(-c2ccccc2)n1N=Cc1ccccc1. The van der Waals surface area contributed by atoms with Crippen LogP contribution in [0.25, 0.3) is 22.5 Å². The monoisotopic (exact) mass is 598 g/mol. The number of phenols is 1. The Labute approximate surface area is 225 Å². The van der Waals surface area contributed by atoms with E-state index >= 15 is 0 Å². The van der Waals surface area contributed by atoms with Crippen molar-refractivity contribution in [2.75, 3.05) is 0 Å². The highest BCUT2D eigenvalue weighted by atomic mass is 79.9. The van der Waals surface area contributed by atoms with Gasteiger partial charge in [0.2, 0.25) is 0 Å². The molecule has 0 unspecified atom stereocenters. The summed E-state index contributed by atoms with van der Waals surface area (Å²) in [4.78, 5) is 9.58. The second kappa shape index (κ2) is 10.8. The molecule has 0 spiro atoms. The maximum Gasteiger partial charge on any atom is 0.251 e. The van der Waals surface area contributed by atoms with Crippen LogP contribution in [0.4, 0.5) is 5.95 Å². The third kappa shape index (κ3) is 5.22. The van der Waals surface area contributed by atoms with Crippen LogP contribution >= 0.6 is 31.9 Å². The summed E-state index contributed by atoms with van der Waals surface area (Å²) in [5.74, 6) is 0.481. The minimum absolute atomic E-state index is 0.0967. The van der Waals surface area contributed by atoms with Crippen molar-refractivity contribution in [3.05, 3.63) is 123 Å². The van der Waals surface area contributed by atoms with E-state index < -0.39 is 0 Å². The average molecular weight is 600 g/mol. The van der Waals surface area contributed by atoms with Crippen LogP contribution in [0.1, 0.15) is 11.1 Å². The van der Waals surface area contributed by atoms with E-state index in [0.717, 1.165) is 32.6 Å². The molecule has 5 aromatic rings. The molecule has 0 aliphatic carbocycles. The van der Waals surface area contributed by atoms with Crippen LogP contribution in [0.5, 0.6) is 5.75 Å². The molecule has 0 amide bonds. The summed E-state index contributed by atoms with van der Waals surface area (Å²) < 4.78 is 3.12. The topological polar surface area (TPSA) is 62.8 Å². The molecule has 36 heavy (non-hydrogen) atoms. The van der Waals surface area contributed by atoms with Crippen LogP contribution in [0, 0.1) is 0 Å². The van der Waals surface area contributed by atoms with Crippen molar-refractivity contribution >= 4 is 50.2 Å². The number of phenolic OH excluding ortho intramolecular Hbond substituents is 1. The minimum Gasteiger partial charge on any atom is -0.506 e. The lowest BCUT2D eigenvalue weighted by Gasteiger charge is -2.07. The van der Waals surface area contributed by atoms with Gasteiger partial charge in [0.05, 0.1) is 10.7 Å². The number of aliphatic imine (C=N–C) groups is 1. The van der Waals surface area contributed by atoms with Crippen LogP contribution in [0.2, 0.25) is 0 Å². The van der Waals surface area contributed by atoms with Gasteiger partial charge in [-0.3, -0.25) is 0 Å². The number of hydrogen-bond donors (Lipinski definition) is 1. The lowest BCUT2D eigenvalue weighted by molar-refractivity contribution is 0.471. The van der Waals surface area contributed by atoms with E-state index in [1.165, 1.54) is 0 Å². The van der Waals surface area contributed by atoms with E-state index in [9.17, 15) is 5.11 Å². The van der Waals surface area contributed by atoms with Gasteiger partial charge in [0.15, 0.2) is 0 Å².